The Morgan fingerprint density at radius 2 is 1.95 bits per heavy atom. The van der Waals surface area contributed by atoms with E-state index in [4.69, 9.17) is 10.5 Å². The third kappa shape index (κ3) is 3.86. The number of methoxy groups -OCH3 is 1. The Kier molecular flexibility index (Phi) is 5.81. The molecule has 0 aromatic heterocycles. The second-order valence-electron chi connectivity index (χ2n) is 4.73. The molecule has 112 valence electrons. The van der Waals surface area contributed by atoms with Gasteiger partial charge in [-0.15, -0.1) is 0 Å². The fourth-order valence-electron chi connectivity index (χ4n) is 2.28. The van der Waals surface area contributed by atoms with E-state index < -0.39 is 6.10 Å². The first-order valence-corrected chi connectivity index (χ1v) is 8.12. The molecule has 3 N–H and O–H groups in total. The molecule has 2 aromatic carbocycles. The van der Waals surface area contributed by atoms with Gasteiger partial charge in [-0.1, -0.05) is 44.0 Å². The molecule has 3 nitrogen and oxygen atoms in total. The number of hydrogen-bond donors (Lipinski definition) is 2. The Balaban J connectivity index is 2.37. The fraction of sp³-hybridized carbons (Fsp3) is 0.250. The van der Waals surface area contributed by atoms with Crippen molar-refractivity contribution >= 4 is 31.9 Å². The molecule has 0 radical (unpaired) electrons. The Bertz CT molecular complexity index is 619. The van der Waals surface area contributed by atoms with E-state index >= 15 is 0 Å². The van der Waals surface area contributed by atoms with Gasteiger partial charge in [-0.2, -0.15) is 0 Å². The van der Waals surface area contributed by atoms with E-state index in [2.05, 4.69) is 31.9 Å². The van der Waals surface area contributed by atoms with E-state index in [1.165, 1.54) is 0 Å². The third-order valence-electron chi connectivity index (χ3n) is 3.43. The van der Waals surface area contributed by atoms with Gasteiger partial charge in [0.15, 0.2) is 0 Å². The molecule has 0 amide bonds. The molecule has 0 bridgehead atoms. The van der Waals surface area contributed by atoms with Crippen LogP contribution in [-0.4, -0.2) is 18.8 Å². The number of nitrogens with two attached hydrogens (primary N) is 1. The summed E-state index contributed by atoms with van der Waals surface area (Å²) in [5, 5.41) is 10.7. The van der Waals surface area contributed by atoms with Gasteiger partial charge < -0.3 is 15.6 Å². The van der Waals surface area contributed by atoms with Crippen LogP contribution in [-0.2, 0) is 0 Å². The van der Waals surface area contributed by atoms with Crippen molar-refractivity contribution in [3.8, 4) is 5.75 Å². The Labute approximate surface area is 141 Å². The molecule has 21 heavy (non-hydrogen) atoms. The van der Waals surface area contributed by atoms with Crippen molar-refractivity contribution in [2.75, 3.05) is 13.7 Å². The van der Waals surface area contributed by atoms with Gasteiger partial charge in [0.05, 0.1) is 13.2 Å². The maximum absolute atomic E-state index is 10.7. The molecule has 0 spiro atoms. The van der Waals surface area contributed by atoms with Crippen molar-refractivity contribution in [1.82, 2.24) is 0 Å². The second kappa shape index (κ2) is 7.40. The average Bonchev–Trinajstić information content (AvgIpc) is 2.50. The molecule has 0 heterocycles. The minimum Gasteiger partial charge on any atom is -0.497 e. The Hall–Kier alpha value is -0.880. The van der Waals surface area contributed by atoms with Crippen molar-refractivity contribution < 1.29 is 9.84 Å². The third-order valence-corrected chi connectivity index (χ3v) is 4.65. The summed E-state index contributed by atoms with van der Waals surface area (Å²) in [5.74, 6) is 0.553. The molecule has 0 fully saturated rings. The Morgan fingerprint density at radius 3 is 2.62 bits per heavy atom. The predicted octanol–water partition coefficient (Wildman–Crippen LogP) is 4.00. The number of rotatable bonds is 5. The smallest absolute Gasteiger partial charge is 0.119 e. The average molecular weight is 415 g/mol. The molecule has 2 rings (SSSR count). The van der Waals surface area contributed by atoms with Crippen LogP contribution in [0.15, 0.2) is 51.4 Å². The number of aliphatic hydroxyl groups is 1. The summed E-state index contributed by atoms with van der Waals surface area (Å²) in [6, 6.07) is 13.4. The van der Waals surface area contributed by atoms with Crippen molar-refractivity contribution in [2.24, 2.45) is 5.73 Å². The van der Waals surface area contributed by atoms with Gasteiger partial charge in [0.25, 0.3) is 0 Å². The zero-order chi connectivity index (χ0) is 15.4. The van der Waals surface area contributed by atoms with Crippen LogP contribution in [0.4, 0.5) is 0 Å². The minimum atomic E-state index is -0.700. The van der Waals surface area contributed by atoms with E-state index in [0.717, 1.165) is 25.8 Å². The van der Waals surface area contributed by atoms with Crippen LogP contribution >= 0.6 is 31.9 Å². The van der Waals surface area contributed by atoms with Gasteiger partial charge in [0, 0.05) is 21.4 Å². The quantitative estimate of drug-likeness (QED) is 0.777. The number of hydrogen-bond acceptors (Lipinski definition) is 3. The zero-order valence-corrected chi connectivity index (χ0v) is 14.8. The fourth-order valence-corrected chi connectivity index (χ4v) is 3.14. The van der Waals surface area contributed by atoms with Crippen molar-refractivity contribution in [3.05, 3.63) is 62.5 Å². The summed E-state index contributed by atoms with van der Waals surface area (Å²) >= 11 is 6.91. The summed E-state index contributed by atoms with van der Waals surface area (Å²) in [6.45, 7) is 0.341. The van der Waals surface area contributed by atoms with Crippen LogP contribution in [0.5, 0.6) is 5.75 Å². The highest BCUT2D eigenvalue weighted by Crippen LogP contribution is 2.36. The SMILES string of the molecule is COc1cccc(C(CN)C(O)c2cc(Br)ccc2Br)c1. The lowest BCUT2D eigenvalue weighted by molar-refractivity contribution is 0.146. The first-order chi connectivity index (χ1) is 10.1. The monoisotopic (exact) mass is 413 g/mol. The summed E-state index contributed by atoms with van der Waals surface area (Å²) < 4.78 is 7.02. The van der Waals surface area contributed by atoms with Crippen LogP contribution in [0.1, 0.15) is 23.1 Å². The standard InChI is InChI=1S/C16H17Br2NO2/c1-21-12-4-2-3-10(7-12)14(9-19)16(20)13-8-11(17)5-6-15(13)18/h2-8,14,16,20H,9,19H2,1H3. The van der Waals surface area contributed by atoms with Crippen LogP contribution < -0.4 is 10.5 Å². The molecule has 2 unspecified atom stereocenters. The normalized spacial score (nSPS) is 13.8. The van der Waals surface area contributed by atoms with Crippen LogP contribution in [0.3, 0.4) is 0 Å². The molecule has 0 saturated heterocycles. The van der Waals surface area contributed by atoms with Gasteiger partial charge in [0.2, 0.25) is 0 Å². The van der Waals surface area contributed by atoms with Gasteiger partial charge in [-0.05, 0) is 41.5 Å². The van der Waals surface area contributed by atoms with E-state index in [0.29, 0.717) is 6.54 Å². The topological polar surface area (TPSA) is 55.5 Å². The maximum Gasteiger partial charge on any atom is 0.119 e. The lowest BCUT2D eigenvalue weighted by Crippen LogP contribution is -2.20. The largest absolute Gasteiger partial charge is 0.497 e. The Morgan fingerprint density at radius 1 is 1.19 bits per heavy atom. The molecule has 0 aliphatic rings. The number of ether oxygens (including phenoxy) is 1. The second-order valence-corrected chi connectivity index (χ2v) is 6.50. The zero-order valence-electron chi connectivity index (χ0n) is 11.6. The first-order valence-electron chi connectivity index (χ1n) is 6.54. The molecule has 0 aliphatic heterocycles. The molecule has 5 heteroatoms. The van der Waals surface area contributed by atoms with Gasteiger partial charge >= 0.3 is 0 Å². The number of benzene rings is 2. The van der Waals surface area contributed by atoms with Crippen molar-refractivity contribution in [1.29, 1.82) is 0 Å². The van der Waals surface area contributed by atoms with Crippen LogP contribution in [0.25, 0.3) is 0 Å². The molecule has 0 saturated carbocycles. The molecule has 2 aromatic rings. The highest BCUT2D eigenvalue weighted by atomic mass is 79.9. The lowest BCUT2D eigenvalue weighted by Gasteiger charge is -2.24. The molecular weight excluding hydrogens is 398 g/mol. The van der Waals surface area contributed by atoms with E-state index in [-0.39, 0.29) is 5.92 Å². The van der Waals surface area contributed by atoms with Crippen LogP contribution in [0, 0.1) is 0 Å². The summed E-state index contributed by atoms with van der Waals surface area (Å²) in [5.41, 5.74) is 7.66. The summed E-state index contributed by atoms with van der Waals surface area (Å²) in [4.78, 5) is 0. The van der Waals surface area contributed by atoms with Gasteiger partial charge in [-0.3, -0.25) is 0 Å². The van der Waals surface area contributed by atoms with E-state index in [1.54, 1.807) is 7.11 Å². The van der Waals surface area contributed by atoms with E-state index in [1.807, 2.05) is 42.5 Å². The molecule has 0 aliphatic carbocycles. The predicted molar refractivity (Wildman–Crippen MR) is 91.6 cm³/mol. The van der Waals surface area contributed by atoms with Gasteiger partial charge in [0.1, 0.15) is 5.75 Å². The van der Waals surface area contributed by atoms with Crippen molar-refractivity contribution in [3.63, 3.8) is 0 Å². The van der Waals surface area contributed by atoms with Crippen molar-refractivity contribution in [2.45, 2.75) is 12.0 Å². The van der Waals surface area contributed by atoms with Crippen LogP contribution in [0.2, 0.25) is 0 Å². The summed E-state index contributed by atoms with van der Waals surface area (Å²) in [7, 11) is 1.62. The first kappa shape index (κ1) is 16.5. The highest BCUT2D eigenvalue weighted by molar-refractivity contribution is 9.11. The minimum absolute atomic E-state index is 0.203. The highest BCUT2D eigenvalue weighted by Gasteiger charge is 2.24. The van der Waals surface area contributed by atoms with E-state index in [9.17, 15) is 5.11 Å². The molecule has 2 atom stereocenters. The lowest BCUT2D eigenvalue weighted by atomic mass is 9.89. The number of aliphatic hydroxyl groups excluding tert-OH is 1. The van der Waals surface area contributed by atoms with Gasteiger partial charge in [-0.25, -0.2) is 0 Å². The summed E-state index contributed by atoms with van der Waals surface area (Å²) in [6.07, 6.45) is -0.700. The molecular formula is C16H17Br2NO2. The maximum atomic E-state index is 10.7. The number of halogens is 2.